The number of aromatic carboxylic acids is 1. The van der Waals surface area contributed by atoms with Crippen LogP contribution >= 0.6 is 11.6 Å². The molecule has 0 aliphatic rings. The van der Waals surface area contributed by atoms with Crippen molar-refractivity contribution in [2.24, 2.45) is 0 Å². The van der Waals surface area contributed by atoms with Crippen LogP contribution in [-0.4, -0.2) is 21.0 Å². The van der Waals surface area contributed by atoms with Gasteiger partial charge in [-0.05, 0) is 30.3 Å². The highest BCUT2D eigenvalue weighted by molar-refractivity contribution is 6.29. The molecule has 0 fully saturated rings. The highest BCUT2D eigenvalue weighted by Gasteiger charge is 2.11. The number of fused-ring (bicyclic) bond motifs is 1. The van der Waals surface area contributed by atoms with Crippen molar-refractivity contribution in [1.29, 1.82) is 0 Å². The van der Waals surface area contributed by atoms with Crippen LogP contribution in [0.5, 0.6) is 0 Å². The zero-order chi connectivity index (χ0) is 13.4. The fourth-order valence-corrected chi connectivity index (χ4v) is 1.89. The highest BCUT2D eigenvalue weighted by atomic mass is 35.5. The Morgan fingerprint density at radius 3 is 2.84 bits per heavy atom. The van der Waals surface area contributed by atoms with E-state index in [0.29, 0.717) is 27.7 Å². The van der Waals surface area contributed by atoms with Gasteiger partial charge < -0.3 is 9.52 Å². The van der Waals surface area contributed by atoms with Crippen LogP contribution in [0.2, 0.25) is 5.15 Å². The lowest BCUT2D eigenvalue weighted by molar-refractivity contribution is 0.0697. The summed E-state index contributed by atoms with van der Waals surface area (Å²) in [6, 6.07) is 7.86. The van der Waals surface area contributed by atoms with E-state index in [4.69, 9.17) is 21.1 Å². The number of halogens is 1. The van der Waals surface area contributed by atoms with Crippen molar-refractivity contribution >= 4 is 28.7 Å². The molecule has 5 nitrogen and oxygen atoms in total. The smallest absolute Gasteiger partial charge is 0.335 e. The van der Waals surface area contributed by atoms with Crippen molar-refractivity contribution in [3.05, 3.63) is 47.2 Å². The fourth-order valence-electron chi connectivity index (χ4n) is 1.72. The first kappa shape index (κ1) is 11.7. The Balaban J connectivity index is 2.14. The van der Waals surface area contributed by atoms with E-state index in [9.17, 15) is 4.79 Å². The Morgan fingerprint density at radius 2 is 2.11 bits per heavy atom. The van der Waals surface area contributed by atoms with E-state index in [-0.39, 0.29) is 5.56 Å². The summed E-state index contributed by atoms with van der Waals surface area (Å²) in [7, 11) is 0. The Kier molecular flexibility index (Phi) is 2.68. The van der Waals surface area contributed by atoms with Gasteiger partial charge in [0.25, 0.3) is 0 Å². The summed E-state index contributed by atoms with van der Waals surface area (Å²) in [6.07, 6.45) is 1.55. The van der Waals surface area contributed by atoms with Crippen molar-refractivity contribution in [3.63, 3.8) is 0 Å². The molecule has 6 heteroatoms. The first-order chi connectivity index (χ1) is 9.13. The molecule has 0 radical (unpaired) electrons. The average Bonchev–Trinajstić information content (AvgIpc) is 2.81. The van der Waals surface area contributed by atoms with Gasteiger partial charge in [-0.1, -0.05) is 11.6 Å². The van der Waals surface area contributed by atoms with E-state index in [1.165, 1.54) is 12.1 Å². The number of benzene rings is 1. The van der Waals surface area contributed by atoms with Crippen LogP contribution in [0.15, 0.2) is 40.9 Å². The van der Waals surface area contributed by atoms with Gasteiger partial charge >= 0.3 is 5.97 Å². The first-order valence-corrected chi connectivity index (χ1v) is 5.77. The molecule has 1 N–H and O–H groups in total. The normalized spacial score (nSPS) is 10.8. The molecule has 94 valence electrons. The van der Waals surface area contributed by atoms with Crippen LogP contribution in [0.1, 0.15) is 10.4 Å². The van der Waals surface area contributed by atoms with Crippen LogP contribution in [0, 0.1) is 0 Å². The van der Waals surface area contributed by atoms with E-state index in [0.717, 1.165) is 0 Å². The van der Waals surface area contributed by atoms with Crippen molar-refractivity contribution in [2.75, 3.05) is 0 Å². The second-order valence-corrected chi connectivity index (χ2v) is 4.26. The second kappa shape index (κ2) is 4.37. The molecule has 0 saturated carbocycles. The lowest BCUT2D eigenvalue weighted by Gasteiger charge is -1.93. The number of nitrogens with zero attached hydrogens (tertiary/aromatic N) is 2. The van der Waals surface area contributed by atoms with Crippen molar-refractivity contribution < 1.29 is 14.3 Å². The maximum Gasteiger partial charge on any atom is 0.335 e. The number of carboxylic acids is 1. The fraction of sp³-hybridized carbons (Fsp3) is 0. The second-order valence-electron chi connectivity index (χ2n) is 3.87. The number of carbonyl (C=O) groups is 1. The molecule has 2 aromatic heterocycles. The maximum atomic E-state index is 10.9. The largest absolute Gasteiger partial charge is 0.478 e. The van der Waals surface area contributed by atoms with Crippen molar-refractivity contribution in [1.82, 2.24) is 9.97 Å². The first-order valence-electron chi connectivity index (χ1n) is 5.39. The molecule has 0 aliphatic carbocycles. The molecule has 0 aliphatic heterocycles. The molecule has 0 amide bonds. The minimum absolute atomic E-state index is 0.167. The summed E-state index contributed by atoms with van der Waals surface area (Å²) in [5, 5.41) is 9.26. The average molecular weight is 275 g/mol. The summed E-state index contributed by atoms with van der Waals surface area (Å²) in [4.78, 5) is 19.0. The molecule has 0 saturated heterocycles. The van der Waals surface area contributed by atoms with E-state index in [2.05, 4.69) is 9.97 Å². The topological polar surface area (TPSA) is 76.2 Å². The Hall–Kier alpha value is -2.40. The van der Waals surface area contributed by atoms with Gasteiger partial charge in [0.1, 0.15) is 10.7 Å². The number of oxazole rings is 1. The Labute approximate surface area is 112 Å². The molecule has 0 atom stereocenters. The Morgan fingerprint density at radius 1 is 1.26 bits per heavy atom. The number of rotatable bonds is 2. The van der Waals surface area contributed by atoms with Gasteiger partial charge in [0.15, 0.2) is 5.58 Å². The van der Waals surface area contributed by atoms with Crippen LogP contribution < -0.4 is 0 Å². The lowest BCUT2D eigenvalue weighted by Crippen LogP contribution is -1.94. The molecule has 0 unspecified atom stereocenters. The molecule has 2 heterocycles. The molecule has 19 heavy (non-hydrogen) atoms. The number of pyridine rings is 1. The molecule has 1 aromatic carbocycles. The quantitative estimate of drug-likeness (QED) is 0.726. The van der Waals surface area contributed by atoms with Gasteiger partial charge in [-0.2, -0.15) is 0 Å². The van der Waals surface area contributed by atoms with Crippen LogP contribution in [-0.2, 0) is 0 Å². The summed E-state index contributed by atoms with van der Waals surface area (Å²) in [5.74, 6) is -0.625. The van der Waals surface area contributed by atoms with E-state index in [1.807, 2.05) is 0 Å². The van der Waals surface area contributed by atoms with Crippen LogP contribution in [0.4, 0.5) is 0 Å². The van der Waals surface area contributed by atoms with Gasteiger partial charge in [-0.3, -0.25) is 0 Å². The lowest BCUT2D eigenvalue weighted by atomic mass is 10.2. The van der Waals surface area contributed by atoms with E-state index >= 15 is 0 Å². The minimum Gasteiger partial charge on any atom is -0.478 e. The summed E-state index contributed by atoms with van der Waals surface area (Å²) < 4.78 is 5.55. The minimum atomic E-state index is -1.00. The summed E-state index contributed by atoms with van der Waals surface area (Å²) >= 11 is 5.80. The molecular weight excluding hydrogens is 268 g/mol. The molecule has 0 bridgehead atoms. The van der Waals surface area contributed by atoms with Crippen molar-refractivity contribution in [2.45, 2.75) is 0 Å². The zero-order valence-corrected chi connectivity index (χ0v) is 10.3. The zero-order valence-electron chi connectivity index (χ0n) is 9.50. The third-order valence-corrected chi connectivity index (χ3v) is 2.81. The number of aromatic nitrogens is 2. The Bertz CT molecular complexity index is 782. The third-order valence-electron chi connectivity index (χ3n) is 2.61. The SMILES string of the molecule is O=C(O)c1ccc2oc(-c3ccnc(Cl)c3)nc2c1. The predicted molar refractivity (Wildman–Crippen MR) is 69.2 cm³/mol. The highest BCUT2D eigenvalue weighted by Crippen LogP contribution is 2.25. The molecule has 3 rings (SSSR count). The van der Waals surface area contributed by atoms with E-state index < -0.39 is 5.97 Å². The standard InChI is InChI=1S/C13H7ClN2O3/c14-11-6-7(3-4-15-11)12-16-9-5-8(13(17)18)1-2-10(9)19-12/h1-6H,(H,17,18). The molecule has 0 spiro atoms. The van der Waals surface area contributed by atoms with Crippen molar-refractivity contribution in [3.8, 4) is 11.5 Å². The van der Waals surface area contributed by atoms with E-state index in [1.54, 1.807) is 24.4 Å². The van der Waals surface area contributed by atoms with Crippen LogP contribution in [0.25, 0.3) is 22.6 Å². The predicted octanol–water partition coefficient (Wildman–Crippen LogP) is 3.24. The number of carboxylic acid groups (broad SMARTS) is 1. The van der Waals surface area contributed by atoms with Gasteiger partial charge in [0.2, 0.25) is 5.89 Å². The van der Waals surface area contributed by atoms with Gasteiger partial charge in [-0.25, -0.2) is 14.8 Å². The van der Waals surface area contributed by atoms with Gasteiger partial charge in [-0.15, -0.1) is 0 Å². The van der Waals surface area contributed by atoms with Crippen LogP contribution in [0.3, 0.4) is 0 Å². The number of hydrogen-bond acceptors (Lipinski definition) is 4. The molecule has 3 aromatic rings. The third kappa shape index (κ3) is 2.15. The van der Waals surface area contributed by atoms with Gasteiger partial charge in [0, 0.05) is 11.8 Å². The van der Waals surface area contributed by atoms with Gasteiger partial charge in [0.05, 0.1) is 5.56 Å². The monoisotopic (exact) mass is 274 g/mol. The maximum absolute atomic E-state index is 10.9. The number of hydrogen-bond donors (Lipinski definition) is 1. The summed E-state index contributed by atoms with van der Waals surface area (Å²) in [6.45, 7) is 0. The molecular formula is C13H7ClN2O3. The summed E-state index contributed by atoms with van der Waals surface area (Å²) in [5.41, 5.74) is 1.86.